The zero-order valence-electron chi connectivity index (χ0n) is 12.2. The molecule has 23 heavy (non-hydrogen) atoms. The molecular weight excluding hydrogens is 401 g/mol. The molecule has 1 aromatic carbocycles. The molecule has 2 atom stereocenters. The first-order valence-corrected chi connectivity index (χ1v) is 7.40. The third kappa shape index (κ3) is 3.81. The van der Waals surface area contributed by atoms with E-state index in [1.807, 2.05) is 0 Å². The molecule has 0 aliphatic carbocycles. The molecule has 1 fully saturated rings. The summed E-state index contributed by atoms with van der Waals surface area (Å²) in [5.74, 6) is -0.644. The second-order valence-electron chi connectivity index (χ2n) is 5.72. The fourth-order valence-electron chi connectivity index (χ4n) is 2.45. The minimum atomic E-state index is -4.77. The molecule has 3 N–H and O–H groups in total. The smallest absolute Gasteiger partial charge is 0.379 e. The van der Waals surface area contributed by atoms with Gasteiger partial charge < -0.3 is 15.7 Å². The maximum Gasteiger partial charge on any atom is 0.419 e. The standard InChI is InChI=1S/C14H16BrF3N2O2.ClH/c1-12(19,9-2-4-10(15)5-3-9)11(21)20-7-6-13(22,8-20)14(16,17)18;/h2-5,22H,6-8,19H2,1H3;1H. The average Bonchev–Trinajstić information content (AvgIpc) is 2.82. The zero-order chi connectivity index (χ0) is 16.8. The maximum atomic E-state index is 12.8. The number of β-amino-alcohol motifs (C(OH)–C–C–N with tert-alkyl or cyclic N) is 1. The van der Waals surface area contributed by atoms with Gasteiger partial charge in [-0.05, 0) is 24.6 Å². The first-order chi connectivity index (χ1) is 9.97. The Balaban J connectivity index is 0.00000264. The summed E-state index contributed by atoms with van der Waals surface area (Å²) in [6.07, 6.45) is -5.32. The Morgan fingerprint density at radius 3 is 2.30 bits per heavy atom. The molecule has 0 aromatic heterocycles. The fraction of sp³-hybridized carbons (Fsp3) is 0.500. The van der Waals surface area contributed by atoms with Gasteiger partial charge in [-0.1, -0.05) is 28.1 Å². The van der Waals surface area contributed by atoms with E-state index >= 15 is 0 Å². The highest BCUT2D eigenvalue weighted by atomic mass is 79.9. The molecule has 0 radical (unpaired) electrons. The lowest BCUT2D eigenvalue weighted by molar-refractivity contribution is -0.253. The molecule has 0 bridgehead atoms. The van der Waals surface area contributed by atoms with Gasteiger partial charge in [0.15, 0.2) is 5.60 Å². The molecule has 1 amide bonds. The van der Waals surface area contributed by atoms with E-state index in [1.54, 1.807) is 24.3 Å². The van der Waals surface area contributed by atoms with E-state index in [4.69, 9.17) is 5.73 Å². The van der Waals surface area contributed by atoms with Crippen LogP contribution < -0.4 is 5.73 Å². The molecule has 1 aliphatic rings. The van der Waals surface area contributed by atoms with Crippen molar-refractivity contribution in [1.82, 2.24) is 4.90 Å². The van der Waals surface area contributed by atoms with E-state index in [0.29, 0.717) is 5.56 Å². The number of aliphatic hydroxyl groups is 1. The van der Waals surface area contributed by atoms with Crippen molar-refractivity contribution in [2.75, 3.05) is 13.1 Å². The Kier molecular flexibility index (Phi) is 5.79. The highest BCUT2D eigenvalue weighted by Crippen LogP contribution is 2.38. The van der Waals surface area contributed by atoms with Crippen LogP contribution in [-0.2, 0) is 10.3 Å². The van der Waals surface area contributed by atoms with Crippen LogP contribution in [0.15, 0.2) is 28.7 Å². The normalized spacial score (nSPS) is 24.0. The van der Waals surface area contributed by atoms with E-state index in [1.165, 1.54) is 6.92 Å². The van der Waals surface area contributed by atoms with Crippen molar-refractivity contribution in [1.29, 1.82) is 0 Å². The van der Waals surface area contributed by atoms with Gasteiger partial charge in [0, 0.05) is 17.4 Å². The van der Waals surface area contributed by atoms with Crippen LogP contribution in [0.25, 0.3) is 0 Å². The molecule has 1 heterocycles. The molecule has 0 spiro atoms. The molecule has 1 saturated heterocycles. The summed E-state index contributed by atoms with van der Waals surface area (Å²) in [6, 6.07) is 6.66. The molecule has 9 heteroatoms. The average molecular weight is 418 g/mol. The third-order valence-electron chi connectivity index (χ3n) is 3.95. The lowest BCUT2D eigenvalue weighted by Gasteiger charge is -2.31. The van der Waals surface area contributed by atoms with Crippen molar-refractivity contribution in [3.8, 4) is 0 Å². The lowest BCUT2D eigenvalue weighted by atomic mass is 9.91. The molecule has 130 valence electrons. The second-order valence-corrected chi connectivity index (χ2v) is 6.63. The van der Waals surface area contributed by atoms with Gasteiger partial charge in [0.25, 0.3) is 0 Å². The SMILES string of the molecule is CC(N)(C(=O)N1CCC(O)(C(F)(F)F)C1)c1ccc(Br)cc1.Cl. The van der Waals surface area contributed by atoms with Crippen LogP contribution in [0.2, 0.25) is 0 Å². The first kappa shape index (κ1) is 20.2. The van der Waals surface area contributed by atoms with Crippen LogP contribution in [-0.4, -0.2) is 40.8 Å². The Labute approximate surface area is 146 Å². The summed E-state index contributed by atoms with van der Waals surface area (Å²) in [5.41, 5.74) is 2.21. The predicted octanol–water partition coefficient (Wildman–Crippen LogP) is 2.57. The van der Waals surface area contributed by atoms with E-state index in [2.05, 4.69) is 15.9 Å². The van der Waals surface area contributed by atoms with Crippen molar-refractivity contribution in [3.63, 3.8) is 0 Å². The van der Waals surface area contributed by atoms with E-state index < -0.39 is 36.2 Å². The third-order valence-corrected chi connectivity index (χ3v) is 4.48. The first-order valence-electron chi connectivity index (χ1n) is 6.61. The highest BCUT2D eigenvalue weighted by Gasteiger charge is 2.58. The quantitative estimate of drug-likeness (QED) is 0.777. The van der Waals surface area contributed by atoms with Crippen LogP contribution in [0, 0.1) is 0 Å². The van der Waals surface area contributed by atoms with Gasteiger partial charge in [0.2, 0.25) is 5.91 Å². The zero-order valence-corrected chi connectivity index (χ0v) is 14.6. The largest absolute Gasteiger partial charge is 0.419 e. The Hall–Kier alpha value is -0.830. The molecule has 2 unspecified atom stereocenters. The number of amides is 1. The van der Waals surface area contributed by atoms with Crippen LogP contribution in [0.5, 0.6) is 0 Å². The number of rotatable bonds is 2. The van der Waals surface area contributed by atoms with Gasteiger partial charge in [0.1, 0.15) is 5.54 Å². The highest BCUT2D eigenvalue weighted by molar-refractivity contribution is 9.10. The number of nitrogens with two attached hydrogens (primary N) is 1. The summed E-state index contributed by atoms with van der Waals surface area (Å²) in [4.78, 5) is 13.4. The minimum absolute atomic E-state index is 0. The van der Waals surface area contributed by atoms with Gasteiger partial charge in [-0.2, -0.15) is 13.2 Å². The lowest BCUT2D eigenvalue weighted by Crippen LogP contribution is -2.53. The second kappa shape index (κ2) is 6.58. The molecule has 4 nitrogen and oxygen atoms in total. The van der Waals surface area contributed by atoms with Crippen molar-refractivity contribution < 1.29 is 23.1 Å². The van der Waals surface area contributed by atoms with Gasteiger partial charge in [0.05, 0.1) is 6.54 Å². The van der Waals surface area contributed by atoms with Crippen LogP contribution in [0.1, 0.15) is 18.9 Å². The van der Waals surface area contributed by atoms with Crippen molar-refractivity contribution in [2.45, 2.75) is 30.7 Å². The molecular formula is C14H17BrClF3N2O2. The van der Waals surface area contributed by atoms with Gasteiger partial charge in [-0.25, -0.2) is 0 Å². The molecule has 1 aliphatic heterocycles. The number of hydrogen-bond acceptors (Lipinski definition) is 3. The summed E-state index contributed by atoms with van der Waals surface area (Å²) in [6.45, 7) is 0.473. The summed E-state index contributed by atoms with van der Waals surface area (Å²) < 4.78 is 39.3. The molecule has 2 rings (SSSR count). The monoisotopic (exact) mass is 416 g/mol. The van der Waals surface area contributed by atoms with E-state index in [-0.39, 0.29) is 19.0 Å². The Morgan fingerprint density at radius 2 is 1.87 bits per heavy atom. The number of benzene rings is 1. The van der Waals surface area contributed by atoms with Crippen molar-refractivity contribution >= 4 is 34.2 Å². The fourth-order valence-corrected chi connectivity index (χ4v) is 2.71. The molecule has 0 saturated carbocycles. The number of nitrogens with zero attached hydrogens (tertiary/aromatic N) is 1. The number of halogens is 5. The summed E-state index contributed by atoms with van der Waals surface area (Å²) >= 11 is 3.26. The topological polar surface area (TPSA) is 66.6 Å². The minimum Gasteiger partial charge on any atom is -0.379 e. The van der Waals surface area contributed by atoms with Crippen molar-refractivity contribution in [2.24, 2.45) is 5.73 Å². The van der Waals surface area contributed by atoms with Crippen LogP contribution in [0.4, 0.5) is 13.2 Å². The van der Waals surface area contributed by atoms with Crippen LogP contribution in [0.3, 0.4) is 0 Å². The number of likely N-dealkylation sites (tertiary alicyclic amines) is 1. The summed E-state index contributed by atoms with van der Waals surface area (Å²) in [5, 5.41) is 9.65. The number of alkyl halides is 3. The van der Waals surface area contributed by atoms with Crippen LogP contribution >= 0.6 is 28.3 Å². The van der Waals surface area contributed by atoms with Crippen molar-refractivity contribution in [3.05, 3.63) is 34.3 Å². The van der Waals surface area contributed by atoms with Gasteiger partial charge in [-0.15, -0.1) is 12.4 Å². The number of carbonyl (C=O) groups is 1. The van der Waals surface area contributed by atoms with E-state index in [0.717, 1.165) is 9.37 Å². The summed E-state index contributed by atoms with van der Waals surface area (Å²) in [7, 11) is 0. The van der Waals surface area contributed by atoms with Gasteiger partial charge in [-0.3, -0.25) is 4.79 Å². The number of hydrogen-bond donors (Lipinski definition) is 2. The predicted molar refractivity (Wildman–Crippen MR) is 85.1 cm³/mol. The number of carbonyl (C=O) groups excluding carboxylic acids is 1. The van der Waals surface area contributed by atoms with E-state index in [9.17, 15) is 23.1 Å². The Bertz CT molecular complexity index is 580. The Morgan fingerprint density at radius 1 is 1.35 bits per heavy atom. The van der Waals surface area contributed by atoms with Gasteiger partial charge >= 0.3 is 6.18 Å². The maximum absolute atomic E-state index is 12.8. The molecule has 1 aromatic rings.